The number of carboxylic acids is 1. The normalized spacial score (nSPS) is 24.4. The number of ether oxygens (including phenoxy) is 1. The minimum Gasteiger partial charge on any atom is -0.481 e. The van der Waals surface area contributed by atoms with E-state index >= 15 is 0 Å². The third-order valence-electron chi connectivity index (χ3n) is 5.96. The van der Waals surface area contributed by atoms with Crippen molar-refractivity contribution in [2.75, 3.05) is 6.61 Å². The number of benzene rings is 1. The molecule has 2 aromatic rings. The monoisotopic (exact) mass is 327 g/mol. The molecular weight excluding hydrogens is 302 g/mol. The first-order chi connectivity index (χ1) is 11.6. The second-order valence-corrected chi connectivity index (χ2v) is 7.25. The van der Waals surface area contributed by atoms with Crippen molar-refractivity contribution in [1.82, 2.24) is 4.98 Å². The Morgan fingerprint density at radius 3 is 2.88 bits per heavy atom. The number of carboxylic acid groups (broad SMARTS) is 1. The fourth-order valence-electron chi connectivity index (χ4n) is 4.73. The summed E-state index contributed by atoms with van der Waals surface area (Å²) in [6, 6.07) is 6.58. The minimum atomic E-state index is -0.806. The van der Waals surface area contributed by atoms with Gasteiger partial charge in [0.05, 0.1) is 18.7 Å². The number of rotatable bonds is 4. The van der Waals surface area contributed by atoms with E-state index in [1.807, 2.05) is 6.92 Å². The van der Waals surface area contributed by atoms with Crippen LogP contribution < -0.4 is 0 Å². The van der Waals surface area contributed by atoms with Crippen molar-refractivity contribution in [3.8, 4) is 0 Å². The van der Waals surface area contributed by atoms with Crippen LogP contribution in [0.1, 0.15) is 68.2 Å². The van der Waals surface area contributed by atoms with E-state index in [0.29, 0.717) is 18.9 Å². The Balaban J connectivity index is 1.89. The molecule has 1 unspecified atom stereocenters. The summed E-state index contributed by atoms with van der Waals surface area (Å²) >= 11 is 0. The summed E-state index contributed by atoms with van der Waals surface area (Å²) in [6.45, 7) is 2.61. The standard InChI is InChI=1S/C20H25NO3/c1-2-20(12-17(22)23)19-16(10-11-24-20)15-9-5-8-14(18(15)21-19)13-6-3-4-7-13/h5,8-9,13,21H,2-4,6-7,10-12H2,1H3,(H,22,23). The summed E-state index contributed by atoms with van der Waals surface area (Å²) in [5.74, 6) is -0.176. The molecule has 2 N–H and O–H groups in total. The van der Waals surface area contributed by atoms with E-state index in [-0.39, 0.29) is 6.42 Å². The van der Waals surface area contributed by atoms with Crippen molar-refractivity contribution < 1.29 is 14.6 Å². The zero-order chi connectivity index (χ0) is 16.7. The lowest BCUT2D eigenvalue weighted by Gasteiger charge is -2.35. The molecule has 0 radical (unpaired) electrons. The van der Waals surface area contributed by atoms with Crippen LogP contribution in [0.4, 0.5) is 0 Å². The third kappa shape index (κ3) is 2.35. The van der Waals surface area contributed by atoms with Gasteiger partial charge in [0.2, 0.25) is 0 Å². The molecule has 2 aliphatic rings. The van der Waals surface area contributed by atoms with Gasteiger partial charge in [-0.25, -0.2) is 0 Å². The van der Waals surface area contributed by atoms with Crippen molar-refractivity contribution in [2.24, 2.45) is 0 Å². The molecular formula is C20H25NO3. The van der Waals surface area contributed by atoms with Gasteiger partial charge < -0.3 is 14.8 Å². The third-order valence-corrected chi connectivity index (χ3v) is 5.96. The van der Waals surface area contributed by atoms with Gasteiger partial charge >= 0.3 is 5.97 Å². The molecule has 1 aliphatic carbocycles. The number of aliphatic carboxylic acids is 1. The average Bonchev–Trinajstić information content (AvgIpc) is 3.22. The van der Waals surface area contributed by atoms with Gasteiger partial charge in [-0.05, 0) is 42.7 Å². The van der Waals surface area contributed by atoms with Gasteiger partial charge in [0.1, 0.15) is 5.60 Å². The van der Waals surface area contributed by atoms with E-state index in [9.17, 15) is 9.90 Å². The van der Waals surface area contributed by atoms with Crippen LogP contribution in [-0.4, -0.2) is 22.7 Å². The van der Waals surface area contributed by atoms with E-state index in [1.165, 1.54) is 47.7 Å². The van der Waals surface area contributed by atoms with E-state index in [0.717, 1.165) is 12.1 Å². The number of nitrogens with one attached hydrogen (secondary N) is 1. The number of aromatic amines is 1. The summed E-state index contributed by atoms with van der Waals surface area (Å²) in [6.07, 6.45) is 6.66. The minimum absolute atomic E-state index is 0.0160. The number of fused-ring (bicyclic) bond motifs is 3. The molecule has 0 saturated heterocycles. The zero-order valence-electron chi connectivity index (χ0n) is 14.2. The van der Waals surface area contributed by atoms with Gasteiger partial charge in [-0.1, -0.05) is 38.0 Å². The van der Waals surface area contributed by atoms with Crippen LogP contribution in [0.3, 0.4) is 0 Å². The molecule has 0 bridgehead atoms. The quantitative estimate of drug-likeness (QED) is 0.870. The highest BCUT2D eigenvalue weighted by molar-refractivity contribution is 5.88. The molecule has 1 saturated carbocycles. The van der Waals surface area contributed by atoms with Crippen LogP contribution in [0, 0.1) is 0 Å². The Bertz CT molecular complexity index is 773. The lowest BCUT2D eigenvalue weighted by Crippen LogP contribution is -2.37. The molecule has 4 nitrogen and oxygen atoms in total. The number of hydrogen-bond donors (Lipinski definition) is 2. The Morgan fingerprint density at radius 2 is 2.17 bits per heavy atom. The van der Waals surface area contributed by atoms with Crippen LogP contribution in [0.15, 0.2) is 18.2 Å². The maximum Gasteiger partial charge on any atom is 0.306 e. The SMILES string of the molecule is CCC1(CC(=O)O)OCCc2c1[nH]c1c(C3CCCC3)cccc21. The van der Waals surface area contributed by atoms with E-state index in [2.05, 4.69) is 23.2 Å². The number of carbonyl (C=O) groups is 1. The number of aromatic nitrogens is 1. The molecule has 0 amide bonds. The van der Waals surface area contributed by atoms with Crippen molar-refractivity contribution in [2.45, 2.75) is 63.4 Å². The van der Waals surface area contributed by atoms with Crippen LogP contribution in [0.5, 0.6) is 0 Å². The number of para-hydroxylation sites is 1. The highest BCUT2D eigenvalue weighted by Gasteiger charge is 2.41. The van der Waals surface area contributed by atoms with Gasteiger partial charge in [-0.15, -0.1) is 0 Å². The second kappa shape index (κ2) is 5.92. The summed E-state index contributed by atoms with van der Waals surface area (Å²) in [4.78, 5) is 15.1. The summed E-state index contributed by atoms with van der Waals surface area (Å²) < 4.78 is 6.03. The van der Waals surface area contributed by atoms with Gasteiger partial charge in [0.15, 0.2) is 0 Å². The number of H-pyrrole nitrogens is 1. The highest BCUT2D eigenvalue weighted by atomic mass is 16.5. The first kappa shape index (κ1) is 15.7. The largest absolute Gasteiger partial charge is 0.481 e. The van der Waals surface area contributed by atoms with Crippen molar-refractivity contribution in [3.05, 3.63) is 35.0 Å². The van der Waals surface area contributed by atoms with E-state index in [1.54, 1.807) is 0 Å². The van der Waals surface area contributed by atoms with Crippen LogP contribution in [0.2, 0.25) is 0 Å². The number of hydrogen-bond acceptors (Lipinski definition) is 2. The van der Waals surface area contributed by atoms with Crippen molar-refractivity contribution >= 4 is 16.9 Å². The van der Waals surface area contributed by atoms with Gasteiger partial charge in [-0.3, -0.25) is 4.79 Å². The topological polar surface area (TPSA) is 62.3 Å². The molecule has 1 atom stereocenters. The Hall–Kier alpha value is -1.81. The summed E-state index contributed by atoms with van der Waals surface area (Å²) in [7, 11) is 0. The molecule has 1 aromatic heterocycles. The zero-order valence-corrected chi connectivity index (χ0v) is 14.2. The fourth-order valence-corrected chi connectivity index (χ4v) is 4.73. The molecule has 4 rings (SSSR count). The molecule has 0 spiro atoms. The molecule has 4 heteroatoms. The van der Waals surface area contributed by atoms with Crippen LogP contribution in [0.25, 0.3) is 10.9 Å². The highest BCUT2D eigenvalue weighted by Crippen LogP contribution is 2.44. The van der Waals surface area contributed by atoms with Crippen LogP contribution >= 0.6 is 0 Å². The van der Waals surface area contributed by atoms with E-state index in [4.69, 9.17) is 4.74 Å². The fraction of sp³-hybridized carbons (Fsp3) is 0.550. The smallest absolute Gasteiger partial charge is 0.306 e. The molecule has 128 valence electrons. The Morgan fingerprint density at radius 1 is 1.38 bits per heavy atom. The molecule has 2 heterocycles. The second-order valence-electron chi connectivity index (χ2n) is 7.25. The predicted molar refractivity (Wildman–Crippen MR) is 93.4 cm³/mol. The average molecular weight is 327 g/mol. The predicted octanol–water partition coefficient (Wildman–Crippen LogP) is 4.48. The van der Waals surface area contributed by atoms with Crippen molar-refractivity contribution in [1.29, 1.82) is 0 Å². The summed E-state index contributed by atoms with van der Waals surface area (Å²) in [5, 5.41) is 10.7. The van der Waals surface area contributed by atoms with Gasteiger partial charge in [0, 0.05) is 10.9 Å². The Labute approximate surface area is 142 Å². The molecule has 1 aliphatic heterocycles. The van der Waals surface area contributed by atoms with E-state index < -0.39 is 11.6 Å². The lowest BCUT2D eigenvalue weighted by atomic mass is 9.86. The first-order valence-corrected chi connectivity index (χ1v) is 9.14. The molecule has 1 fully saturated rings. The summed E-state index contributed by atoms with van der Waals surface area (Å²) in [5.41, 5.74) is 4.16. The maximum atomic E-state index is 11.4. The molecule has 1 aromatic carbocycles. The molecule has 24 heavy (non-hydrogen) atoms. The lowest BCUT2D eigenvalue weighted by molar-refractivity contribution is -0.148. The van der Waals surface area contributed by atoms with Crippen molar-refractivity contribution in [3.63, 3.8) is 0 Å². The Kier molecular flexibility index (Phi) is 3.87. The first-order valence-electron chi connectivity index (χ1n) is 9.14. The maximum absolute atomic E-state index is 11.4. The van der Waals surface area contributed by atoms with Gasteiger partial charge in [-0.2, -0.15) is 0 Å². The van der Waals surface area contributed by atoms with Crippen LogP contribution in [-0.2, 0) is 21.6 Å². The van der Waals surface area contributed by atoms with Gasteiger partial charge in [0.25, 0.3) is 0 Å².